The first-order valence-electron chi connectivity index (χ1n) is 8.73. The molecule has 0 aliphatic carbocycles. The summed E-state index contributed by atoms with van der Waals surface area (Å²) in [6, 6.07) is 10.8. The number of halogens is 1. The second-order valence-electron chi connectivity index (χ2n) is 6.33. The minimum Gasteiger partial charge on any atom is -0.357 e. The number of hydrogen-bond donors (Lipinski definition) is 1. The minimum absolute atomic E-state index is 0. The highest BCUT2D eigenvalue weighted by atomic mass is 127. The fourth-order valence-corrected chi connectivity index (χ4v) is 3.89. The lowest BCUT2D eigenvalue weighted by Crippen LogP contribution is -2.40. The first kappa shape index (κ1) is 20.2. The molecule has 1 aromatic heterocycles. The Bertz CT molecular complexity index is 671. The van der Waals surface area contributed by atoms with Gasteiger partial charge in [0.2, 0.25) is 0 Å². The van der Waals surface area contributed by atoms with E-state index in [0.717, 1.165) is 37.0 Å². The number of aromatic nitrogens is 1. The van der Waals surface area contributed by atoms with Crippen molar-refractivity contribution in [3.05, 3.63) is 52.0 Å². The van der Waals surface area contributed by atoms with E-state index in [0.29, 0.717) is 12.5 Å². The van der Waals surface area contributed by atoms with Crippen LogP contribution in [-0.4, -0.2) is 35.5 Å². The first-order chi connectivity index (χ1) is 11.7. The van der Waals surface area contributed by atoms with Gasteiger partial charge in [0.1, 0.15) is 5.01 Å². The molecule has 4 nitrogen and oxygen atoms in total. The zero-order chi connectivity index (χ0) is 16.8. The maximum atomic E-state index is 4.80. The van der Waals surface area contributed by atoms with Crippen molar-refractivity contribution < 1.29 is 0 Å². The lowest BCUT2D eigenvalue weighted by Gasteiger charge is -2.21. The molecule has 1 aliphatic rings. The molecule has 1 aromatic carbocycles. The van der Waals surface area contributed by atoms with Crippen molar-refractivity contribution in [1.82, 2.24) is 15.2 Å². The predicted molar refractivity (Wildman–Crippen MR) is 117 cm³/mol. The Morgan fingerprint density at radius 2 is 2.16 bits per heavy atom. The summed E-state index contributed by atoms with van der Waals surface area (Å²) in [5.74, 6) is 1.74. The molecule has 0 radical (unpaired) electrons. The van der Waals surface area contributed by atoms with Crippen LogP contribution >= 0.6 is 35.3 Å². The fraction of sp³-hybridized carbons (Fsp3) is 0.474. The molecule has 2 heterocycles. The van der Waals surface area contributed by atoms with E-state index in [1.165, 1.54) is 16.9 Å². The van der Waals surface area contributed by atoms with Gasteiger partial charge in [0.05, 0.1) is 6.54 Å². The zero-order valence-electron chi connectivity index (χ0n) is 14.9. The molecule has 1 N–H and O–H groups in total. The van der Waals surface area contributed by atoms with Crippen LogP contribution in [0.4, 0.5) is 0 Å². The quantitative estimate of drug-likeness (QED) is 0.407. The summed E-state index contributed by atoms with van der Waals surface area (Å²) in [5.41, 5.74) is 1.43. The van der Waals surface area contributed by atoms with Crippen LogP contribution in [0.5, 0.6) is 0 Å². The normalized spacial score (nSPS) is 17.4. The zero-order valence-corrected chi connectivity index (χ0v) is 18.1. The Labute approximate surface area is 171 Å². The van der Waals surface area contributed by atoms with Gasteiger partial charge in [0.25, 0.3) is 0 Å². The number of aliphatic imine (C=N–C) groups is 1. The molecule has 1 fully saturated rings. The van der Waals surface area contributed by atoms with Gasteiger partial charge in [-0.3, -0.25) is 0 Å². The van der Waals surface area contributed by atoms with Crippen LogP contribution in [0, 0.1) is 12.8 Å². The molecular formula is C19H27IN4S. The SMILES string of the molecule is CCNC(=NCc1ncc(C)s1)N1CCC(Cc2ccccc2)C1.I. The van der Waals surface area contributed by atoms with E-state index in [2.05, 4.69) is 59.4 Å². The Kier molecular flexibility index (Phi) is 8.15. The molecule has 0 amide bonds. The maximum absolute atomic E-state index is 4.80. The Balaban J connectivity index is 0.00000225. The van der Waals surface area contributed by atoms with Crippen LogP contribution < -0.4 is 5.32 Å². The number of aryl methyl sites for hydroxylation is 1. The summed E-state index contributed by atoms with van der Waals surface area (Å²) < 4.78 is 0. The van der Waals surface area contributed by atoms with E-state index < -0.39 is 0 Å². The van der Waals surface area contributed by atoms with Gasteiger partial charge in [-0.05, 0) is 38.2 Å². The number of likely N-dealkylation sites (tertiary alicyclic amines) is 1. The third-order valence-corrected chi connectivity index (χ3v) is 5.22. The monoisotopic (exact) mass is 470 g/mol. The summed E-state index contributed by atoms with van der Waals surface area (Å²) in [6.07, 6.45) is 4.31. The van der Waals surface area contributed by atoms with Crippen LogP contribution in [0.3, 0.4) is 0 Å². The number of rotatable bonds is 5. The molecule has 1 aliphatic heterocycles. The molecule has 2 aromatic rings. The van der Waals surface area contributed by atoms with E-state index in [4.69, 9.17) is 4.99 Å². The van der Waals surface area contributed by atoms with E-state index in [9.17, 15) is 0 Å². The molecule has 3 rings (SSSR count). The Morgan fingerprint density at radius 1 is 1.36 bits per heavy atom. The number of thiazole rings is 1. The van der Waals surface area contributed by atoms with Crippen LogP contribution in [-0.2, 0) is 13.0 Å². The average molecular weight is 470 g/mol. The van der Waals surface area contributed by atoms with E-state index >= 15 is 0 Å². The van der Waals surface area contributed by atoms with Crippen molar-refractivity contribution >= 4 is 41.3 Å². The number of nitrogens with one attached hydrogen (secondary N) is 1. The second-order valence-corrected chi connectivity index (χ2v) is 7.64. The van der Waals surface area contributed by atoms with E-state index in [1.54, 1.807) is 11.3 Å². The summed E-state index contributed by atoms with van der Waals surface area (Å²) in [5, 5.41) is 4.52. The maximum Gasteiger partial charge on any atom is 0.194 e. The molecule has 136 valence electrons. The van der Waals surface area contributed by atoms with Crippen LogP contribution in [0.1, 0.15) is 28.8 Å². The highest BCUT2D eigenvalue weighted by Crippen LogP contribution is 2.21. The van der Waals surface area contributed by atoms with Gasteiger partial charge in [0, 0.05) is 30.7 Å². The van der Waals surface area contributed by atoms with Crippen molar-refractivity contribution in [1.29, 1.82) is 0 Å². The van der Waals surface area contributed by atoms with Gasteiger partial charge in [-0.25, -0.2) is 9.98 Å². The van der Waals surface area contributed by atoms with Crippen LogP contribution in [0.15, 0.2) is 41.5 Å². The molecule has 0 bridgehead atoms. The van der Waals surface area contributed by atoms with Crippen molar-refractivity contribution in [3.8, 4) is 0 Å². The van der Waals surface area contributed by atoms with Crippen molar-refractivity contribution in [2.45, 2.75) is 33.2 Å². The summed E-state index contributed by atoms with van der Waals surface area (Å²) in [4.78, 5) is 12.9. The van der Waals surface area contributed by atoms with Gasteiger partial charge >= 0.3 is 0 Å². The fourth-order valence-electron chi connectivity index (χ4n) is 3.18. The third-order valence-electron chi connectivity index (χ3n) is 4.32. The molecule has 25 heavy (non-hydrogen) atoms. The topological polar surface area (TPSA) is 40.5 Å². The largest absolute Gasteiger partial charge is 0.357 e. The average Bonchev–Trinajstić information content (AvgIpc) is 3.22. The molecule has 0 spiro atoms. The molecule has 1 saturated heterocycles. The lowest BCUT2D eigenvalue weighted by molar-refractivity contribution is 0.460. The van der Waals surface area contributed by atoms with E-state index in [1.807, 2.05) is 6.20 Å². The molecular weight excluding hydrogens is 443 g/mol. The highest BCUT2D eigenvalue weighted by molar-refractivity contribution is 14.0. The number of guanidine groups is 1. The summed E-state index contributed by atoms with van der Waals surface area (Å²) in [7, 11) is 0. The third kappa shape index (κ3) is 5.95. The molecule has 1 unspecified atom stereocenters. The van der Waals surface area contributed by atoms with Gasteiger partial charge in [-0.2, -0.15) is 0 Å². The number of nitrogens with zero attached hydrogens (tertiary/aromatic N) is 3. The summed E-state index contributed by atoms with van der Waals surface area (Å²) >= 11 is 1.73. The summed E-state index contributed by atoms with van der Waals surface area (Å²) in [6.45, 7) is 7.94. The molecule has 1 atom stereocenters. The number of benzene rings is 1. The molecule has 0 saturated carbocycles. The minimum atomic E-state index is 0. The first-order valence-corrected chi connectivity index (χ1v) is 9.54. The van der Waals surface area contributed by atoms with Crippen molar-refractivity contribution in [3.63, 3.8) is 0 Å². The smallest absolute Gasteiger partial charge is 0.194 e. The predicted octanol–water partition coefficient (Wildman–Crippen LogP) is 4.10. The van der Waals surface area contributed by atoms with Crippen LogP contribution in [0.2, 0.25) is 0 Å². The van der Waals surface area contributed by atoms with Gasteiger partial charge < -0.3 is 10.2 Å². The van der Waals surface area contributed by atoms with Gasteiger partial charge in [0.15, 0.2) is 5.96 Å². The highest BCUT2D eigenvalue weighted by Gasteiger charge is 2.24. The van der Waals surface area contributed by atoms with Crippen molar-refractivity contribution in [2.24, 2.45) is 10.9 Å². The van der Waals surface area contributed by atoms with E-state index in [-0.39, 0.29) is 24.0 Å². The Morgan fingerprint density at radius 3 is 2.84 bits per heavy atom. The van der Waals surface area contributed by atoms with Gasteiger partial charge in [-0.15, -0.1) is 35.3 Å². The molecule has 6 heteroatoms. The Hall–Kier alpha value is -1.15. The second kappa shape index (κ2) is 10.1. The van der Waals surface area contributed by atoms with Crippen molar-refractivity contribution in [2.75, 3.05) is 19.6 Å². The number of hydrogen-bond acceptors (Lipinski definition) is 3. The van der Waals surface area contributed by atoms with Gasteiger partial charge in [-0.1, -0.05) is 30.3 Å². The van der Waals surface area contributed by atoms with Crippen LogP contribution in [0.25, 0.3) is 0 Å². The lowest BCUT2D eigenvalue weighted by atomic mass is 9.99. The standard InChI is InChI=1S/C19H26N4S.HI/c1-3-20-19(22-13-18-21-12-15(2)24-18)23-10-9-17(14-23)11-16-7-5-4-6-8-16;/h4-8,12,17H,3,9-11,13-14H2,1-2H3,(H,20,22);1H.